The minimum absolute atomic E-state index is 0.0739. The smallest absolute Gasteiger partial charge is 0.311 e. The zero-order valence-corrected chi connectivity index (χ0v) is 20.2. The molecule has 3 N–H and O–H groups in total. The Balaban J connectivity index is 1.74. The number of hydrogen-bond donors (Lipinski definition) is 2. The Morgan fingerprint density at radius 1 is 1.20 bits per heavy atom. The molecule has 4 rings (SSSR count). The molecule has 2 heterocycles. The van der Waals surface area contributed by atoms with Crippen LogP contribution in [-0.2, 0) is 22.6 Å². The van der Waals surface area contributed by atoms with Gasteiger partial charge in [-0.2, -0.15) is 5.26 Å². The van der Waals surface area contributed by atoms with Crippen LogP contribution in [0.25, 0.3) is 0 Å². The number of ether oxygens (including phenoxy) is 4. The number of nitrogens with zero attached hydrogens (tertiary/aromatic N) is 2. The summed E-state index contributed by atoms with van der Waals surface area (Å²) in [5.41, 5.74) is 8.63. The number of allylic oxidation sites excluding steroid dienone is 1. The average Bonchev–Trinajstić information content (AvgIpc) is 3.25. The molecule has 11 heteroatoms. The van der Waals surface area contributed by atoms with Crippen molar-refractivity contribution >= 4 is 29.2 Å². The van der Waals surface area contributed by atoms with Gasteiger partial charge in [0.2, 0.25) is 11.8 Å². The van der Waals surface area contributed by atoms with Crippen LogP contribution in [0.15, 0.2) is 47.9 Å². The number of aromatic amines is 1. The van der Waals surface area contributed by atoms with Gasteiger partial charge >= 0.3 is 5.97 Å². The minimum atomic E-state index is -0.666. The van der Waals surface area contributed by atoms with Crippen molar-refractivity contribution in [3.63, 3.8) is 0 Å². The van der Waals surface area contributed by atoms with Gasteiger partial charge in [0.05, 0.1) is 47.9 Å². The van der Waals surface area contributed by atoms with Crippen molar-refractivity contribution in [1.82, 2.24) is 10.2 Å². The number of nitrogens with two attached hydrogens (primary N) is 1. The highest BCUT2D eigenvalue weighted by Crippen LogP contribution is 2.45. The van der Waals surface area contributed by atoms with Gasteiger partial charge in [-0.3, -0.25) is 9.89 Å². The zero-order valence-electron chi connectivity index (χ0n) is 18.7. The molecule has 0 radical (unpaired) electrons. The topological polar surface area (TPSA) is 132 Å². The van der Waals surface area contributed by atoms with Crippen LogP contribution < -0.4 is 19.9 Å². The van der Waals surface area contributed by atoms with E-state index in [2.05, 4.69) is 16.3 Å². The van der Waals surface area contributed by atoms with Gasteiger partial charge in [-0.05, 0) is 35.4 Å². The zero-order chi connectivity index (χ0) is 25.1. The van der Waals surface area contributed by atoms with Crippen LogP contribution in [0.5, 0.6) is 17.4 Å². The van der Waals surface area contributed by atoms with Crippen molar-refractivity contribution < 1.29 is 23.7 Å². The van der Waals surface area contributed by atoms with Crippen LogP contribution in [0, 0.1) is 11.3 Å². The number of carbonyl (C=O) groups excluding carboxylic acids is 1. The summed E-state index contributed by atoms with van der Waals surface area (Å²) in [6, 6.07) is 12.6. The number of H-pyrrole nitrogens is 1. The highest BCUT2D eigenvalue weighted by molar-refractivity contribution is 6.42. The monoisotopic (exact) mass is 514 g/mol. The Morgan fingerprint density at radius 3 is 2.69 bits per heavy atom. The van der Waals surface area contributed by atoms with Crippen molar-refractivity contribution in [2.75, 3.05) is 14.2 Å². The van der Waals surface area contributed by atoms with Gasteiger partial charge in [0.25, 0.3) is 0 Å². The van der Waals surface area contributed by atoms with E-state index in [1.165, 1.54) is 14.2 Å². The Labute approximate surface area is 210 Å². The number of methoxy groups -OCH3 is 2. The van der Waals surface area contributed by atoms with Gasteiger partial charge in [0.1, 0.15) is 18.2 Å². The maximum absolute atomic E-state index is 12.0. The molecule has 1 aromatic heterocycles. The predicted molar refractivity (Wildman–Crippen MR) is 127 cm³/mol. The molecule has 0 saturated carbocycles. The molecule has 1 aliphatic heterocycles. The molecule has 0 spiro atoms. The van der Waals surface area contributed by atoms with Crippen molar-refractivity contribution in [1.29, 1.82) is 5.26 Å². The maximum Gasteiger partial charge on any atom is 0.311 e. The summed E-state index contributed by atoms with van der Waals surface area (Å²) >= 11 is 12.1. The molecule has 0 aliphatic carbocycles. The van der Waals surface area contributed by atoms with E-state index >= 15 is 0 Å². The fourth-order valence-electron chi connectivity index (χ4n) is 3.77. The van der Waals surface area contributed by atoms with E-state index in [0.29, 0.717) is 38.4 Å². The molecule has 0 bridgehead atoms. The maximum atomic E-state index is 12.0. The molecule has 0 amide bonds. The van der Waals surface area contributed by atoms with Gasteiger partial charge in [-0.15, -0.1) is 5.10 Å². The lowest BCUT2D eigenvalue weighted by atomic mass is 9.83. The SMILES string of the molecule is COC(=O)Cc1[nH]nc2c1C(c1ccc(OC)c(OCc3ccc(Cl)c(Cl)c3)c1)C(C#N)=C(N)O2. The molecule has 2 aromatic carbocycles. The lowest BCUT2D eigenvalue weighted by molar-refractivity contribution is -0.139. The van der Waals surface area contributed by atoms with Gasteiger partial charge in [0, 0.05) is 0 Å². The summed E-state index contributed by atoms with van der Waals surface area (Å²) in [5, 5.41) is 17.7. The first-order chi connectivity index (χ1) is 16.9. The fraction of sp³-hybridized carbons (Fsp3) is 0.208. The third-order valence-electron chi connectivity index (χ3n) is 5.47. The Bertz CT molecular complexity index is 1360. The number of halogens is 2. The molecule has 3 aromatic rings. The standard InChI is InChI=1S/C24H20Cl2N4O5/c1-32-18-6-4-13(8-19(18)34-11-12-3-5-15(25)16(26)7-12)21-14(10-27)23(28)35-24-22(21)17(29-30-24)9-20(31)33-2/h3-8,21H,9,11,28H2,1-2H3,(H,29,30). The number of nitrogens with one attached hydrogen (secondary N) is 1. The normalized spacial score (nSPS) is 14.5. The summed E-state index contributed by atoms with van der Waals surface area (Å²) < 4.78 is 21.8. The molecular formula is C24H20Cl2N4O5. The summed E-state index contributed by atoms with van der Waals surface area (Å²) in [5.74, 6) is -0.122. The summed E-state index contributed by atoms with van der Waals surface area (Å²) in [7, 11) is 2.81. The molecular weight excluding hydrogens is 495 g/mol. The number of rotatable bonds is 7. The lowest BCUT2D eigenvalue weighted by Gasteiger charge is -2.24. The van der Waals surface area contributed by atoms with E-state index in [1.807, 2.05) is 0 Å². The van der Waals surface area contributed by atoms with E-state index in [9.17, 15) is 10.1 Å². The fourth-order valence-corrected chi connectivity index (χ4v) is 4.09. The molecule has 1 unspecified atom stereocenters. The van der Waals surface area contributed by atoms with Gasteiger partial charge in [-0.1, -0.05) is 35.3 Å². The number of carbonyl (C=O) groups is 1. The second-order valence-electron chi connectivity index (χ2n) is 7.55. The first-order valence-electron chi connectivity index (χ1n) is 10.3. The van der Waals surface area contributed by atoms with E-state index in [1.54, 1.807) is 36.4 Å². The number of esters is 1. The Morgan fingerprint density at radius 2 is 2.00 bits per heavy atom. The van der Waals surface area contributed by atoms with E-state index < -0.39 is 11.9 Å². The van der Waals surface area contributed by atoms with E-state index in [-0.39, 0.29) is 30.4 Å². The first-order valence-corrected chi connectivity index (χ1v) is 11.1. The second kappa shape index (κ2) is 10.2. The van der Waals surface area contributed by atoms with Crippen LogP contribution >= 0.6 is 23.2 Å². The molecule has 1 aliphatic rings. The third kappa shape index (κ3) is 4.85. The highest BCUT2D eigenvalue weighted by Gasteiger charge is 2.36. The number of benzene rings is 2. The van der Waals surface area contributed by atoms with Crippen molar-refractivity contribution in [3.05, 3.63) is 80.3 Å². The second-order valence-corrected chi connectivity index (χ2v) is 8.36. The third-order valence-corrected chi connectivity index (χ3v) is 6.21. The molecule has 9 nitrogen and oxygen atoms in total. The van der Waals surface area contributed by atoms with Gasteiger partial charge in [-0.25, -0.2) is 0 Å². The number of nitriles is 1. The molecule has 1 atom stereocenters. The predicted octanol–water partition coefficient (Wildman–Crippen LogP) is 4.24. The van der Waals surface area contributed by atoms with Crippen molar-refractivity contribution in [2.24, 2.45) is 5.73 Å². The number of hydrogen-bond acceptors (Lipinski definition) is 8. The van der Waals surface area contributed by atoms with Gasteiger partial charge < -0.3 is 24.7 Å². The van der Waals surface area contributed by atoms with Crippen LogP contribution in [0.2, 0.25) is 10.0 Å². The largest absolute Gasteiger partial charge is 0.493 e. The summed E-state index contributed by atoms with van der Waals surface area (Å²) in [4.78, 5) is 12.0. The van der Waals surface area contributed by atoms with Crippen LogP contribution in [-0.4, -0.2) is 30.4 Å². The molecule has 35 heavy (non-hydrogen) atoms. The first kappa shape index (κ1) is 24.3. The molecule has 0 saturated heterocycles. The Kier molecular flexibility index (Phi) is 7.05. The van der Waals surface area contributed by atoms with E-state index in [4.69, 9.17) is 47.9 Å². The van der Waals surface area contributed by atoms with Crippen LogP contribution in [0.4, 0.5) is 0 Å². The number of aromatic nitrogens is 2. The van der Waals surface area contributed by atoms with Gasteiger partial charge in [0.15, 0.2) is 11.5 Å². The van der Waals surface area contributed by atoms with Crippen molar-refractivity contribution in [3.8, 4) is 23.4 Å². The Hall–Kier alpha value is -3.87. The average molecular weight is 515 g/mol. The van der Waals surface area contributed by atoms with Crippen molar-refractivity contribution in [2.45, 2.75) is 18.9 Å². The minimum Gasteiger partial charge on any atom is -0.493 e. The van der Waals surface area contributed by atoms with E-state index in [0.717, 1.165) is 5.56 Å². The van der Waals surface area contributed by atoms with Crippen LogP contribution in [0.1, 0.15) is 28.3 Å². The number of fused-ring (bicyclic) bond motifs is 1. The summed E-state index contributed by atoms with van der Waals surface area (Å²) in [6.45, 7) is 0.193. The summed E-state index contributed by atoms with van der Waals surface area (Å²) in [6.07, 6.45) is -0.0891. The molecule has 0 fully saturated rings. The molecule has 180 valence electrons. The lowest BCUT2D eigenvalue weighted by Crippen LogP contribution is -2.22. The van der Waals surface area contributed by atoms with Crippen LogP contribution in [0.3, 0.4) is 0 Å². The quantitative estimate of drug-likeness (QED) is 0.447. The highest BCUT2D eigenvalue weighted by atomic mass is 35.5.